The van der Waals surface area contributed by atoms with E-state index in [0.29, 0.717) is 0 Å². The van der Waals surface area contributed by atoms with Gasteiger partial charge in [-0.25, -0.2) is 0 Å². The molecule has 2 unspecified atom stereocenters. The molecule has 1 saturated heterocycles. The number of hydrogen-bond donors (Lipinski definition) is 2. The molecule has 3 nitrogen and oxygen atoms in total. The van der Waals surface area contributed by atoms with Gasteiger partial charge in [-0.2, -0.15) is 0 Å². The summed E-state index contributed by atoms with van der Waals surface area (Å²) in [5.41, 5.74) is 1.12. The van der Waals surface area contributed by atoms with Crippen molar-refractivity contribution in [3.8, 4) is 0 Å². The maximum Gasteiger partial charge on any atom is 0.237 e. The van der Waals surface area contributed by atoms with Crippen LogP contribution < -0.4 is 10.6 Å². The van der Waals surface area contributed by atoms with Crippen molar-refractivity contribution in [2.45, 2.75) is 44.7 Å². The van der Waals surface area contributed by atoms with Crippen molar-refractivity contribution >= 4 is 21.8 Å². The van der Waals surface area contributed by atoms with Crippen molar-refractivity contribution in [2.24, 2.45) is 0 Å². The van der Waals surface area contributed by atoms with E-state index in [1.807, 2.05) is 31.2 Å². The van der Waals surface area contributed by atoms with Gasteiger partial charge >= 0.3 is 0 Å². The summed E-state index contributed by atoms with van der Waals surface area (Å²) in [6.07, 6.45) is 4.46. The van der Waals surface area contributed by atoms with Gasteiger partial charge in [-0.05, 0) is 37.9 Å². The lowest BCUT2D eigenvalue weighted by molar-refractivity contribution is -0.123. The number of benzene rings is 1. The number of amides is 1. The van der Waals surface area contributed by atoms with Crippen LogP contribution in [0.3, 0.4) is 0 Å². The van der Waals surface area contributed by atoms with Gasteiger partial charge in [-0.3, -0.25) is 4.79 Å². The quantitative estimate of drug-likeness (QED) is 0.896. The smallest absolute Gasteiger partial charge is 0.237 e. The molecule has 2 N–H and O–H groups in total. The number of carbonyl (C=O) groups excluding carboxylic acids is 1. The molecular formula is C15H21BrN2O. The van der Waals surface area contributed by atoms with Gasteiger partial charge in [0.1, 0.15) is 0 Å². The number of carbonyl (C=O) groups is 1. The average molecular weight is 325 g/mol. The summed E-state index contributed by atoms with van der Waals surface area (Å²) in [5.74, 6) is 0.116. The first-order chi connectivity index (χ1) is 9.18. The first-order valence-electron chi connectivity index (χ1n) is 6.96. The van der Waals surface area contributed by atoms with Crippen LogP contribution in [0.25, 0.3) is 0 Å². The molecule has 1 aromatic carbocycles. The molecule has 19 heavy (non-hydrogen) atoms. The second-order valence-corrected chi connectivity index (χ2v) is 5.96. The van der Waals surface area contributed by atoms with E-state index >= 15 is 0 Å². The molecule has 1 aliphatic rings. The Hall–Kier alpha value is -0.870. The number of rotatable bonds is 3. The maximum absolute atomic E-state index is 12.3. The minimum Gasteiger partial charge on any atom is -0.348 e. The van der Waals surface area contributed by atoms with Crippen molar-refractivity contribution in [1.29, 1.82) is 0 Å². The van der Waals surface area contributed by atoms with E-state index in [1.54, 1.807) is 0 Å². The van der Waals surface area contributed by atoms with Crippen LogP contribution in [0.2, 0.25) is 0 Å². The minimum atomic E-state index is -0.0348. The zero-order chi connectivity index (χ0) is 13.7. The highest BCUT2D eigenvalue weighted by Gasteiger charge is 2.21. The third-order valence-corrected chi connectivity index (χ3v) is 4.33. The van der Waals surface area contributed by atoms with Gasteiger partial charge in [-0.1, -0.05) is 47.0 Å². The molecule has 1 aliphatic heterocycles. The largest absolute Gasteiger partial charge is 0.348 e. The van der Waals surface area contributed by atoms with Crippen LogP contribution in [-0.2, 0) is 4.79 Å². The van der Waals surface area contributed by atoms with Crippen LogP contribution in [0.5, 0.6) is 0 Å². The molecule has 1 fully saturated rings. The summed E-state index contributed by atoms with van der Waals surface area (Å²) in [5, 5.41) is 6.43. The molecule has 0 aromatic heterocycles. The van der Waals surface area contributed by atoms with Crippen LogP contribution in [-0.4, -0.2) is 18.5 Å². The fraction of sp³-hybridized carbons (Fsp3) is 0.533. The zero-order valence-corrected chi connectivity index (χ0v) is 12.9. The van der Waals surface area contributed by atoms with E-state index in [2.05, 4.69) is 26.6 Å². The fourth-order valence-electron chi connectivity index (χ4n) is 2.47. The molecule has 1 aromatic rings. The summed E-state index contributed by atoms with van der Waals surface area (Å²) in [6, 6.07) is 8.00. The summed E-state index contributed by atoms with van der Waals surface area (Å²) in [4.78, 5) is 12.3. The van der Waals surface area contributed by atoms with E-state index in [0.717, 1.165) is 29.4 Å². The zero-order valence-electron chi connectivity index (χ0n) is 11.3. The SMILES string of the molecule is CC(NC(=O)C1CCCCCN1)c1ccccc1Br. The van der Waals surface area contributed by atoms with Crippen molar-refractivity contribution in [2.75, 3.05) is 6.54 Å². The van der Waals surface area contributed by atoms with Crippen molar-refractivity contribution in [3.63, 3.8) is 0 Å². The van der Waals surface area contributed by atoms with Gasteiger partial charge in [0.15, 0.2) is 0 Å². The molecular weight excluding hydrogens is 304 g/mol. The predicted octanol–water partition coefficient (Wildman–Crippen LogP) is 3.16. The molecule has 1 amide bonds. The highest BCUT2D eigenvalue weighted by atomic mass is 79.9. The lowest BCUT2D eigenvalue weighted by Gasteiger charge is -2.20. The van der Waals surface area contributed by atoms with Crippen LogP contribution in [0.4, 0.5) is 0 Å². The summed E-state index contributed by atoms with van der Waals surface area (Å²) < 4.78 is 1.04. The third kappa shape index (κ3) is 4.05. The Morgan fingerprint density at radius 2 is 2.16 bits per heavy atom. The number of halogens is 1. The molecule has 1 heterocycles. The lowest BCUT2D eigenvalue weighted by atomic mass is 10.1. The van der Waals surface area contributed by atoms with Gasteiger partial charge in [0.2, 0.25) is 5.91 Å². The van der Waals surface area contributed by atoms with Crippen LogP contribution >= 0.6 is 15.9 Å². The highest BCUT2D eigenvalue weighted by Crippen LogP contribution is 2.23. The Bertz CT molecular complexity index is 428. The lowest BCUT2D eigenvalue weighted by Crippen LogP contribution is -2.44. The molecule has 2 rings (SSSR count). The van der Waals surface area contributed by atoms with E-state index in [4.69, 9.17) is 0 Å². The first-order valence-corrected chi connectivity index (χ1v) is 7.76. The summed E-state index contributed by atoms with van der Waals surface area (Å²) >= 11 is 3.53. The minimum absolute atomic E-state index is 0.0214. The second-order valence-electron chi connectivity index (χ2n) is 5.11. The topological polar surface area (TPSA) is 41.1 Å². The van der Waals surface area contributed by atoms with Gasteiger partial charge in [0.05, 0.1) is 12.1 Å². The highest BCUT2D eigenvalue weighted by molar-refractivity contribution is 9.10. The van der Waals surface area contributed by atoms with E-state index < -0.39 is 0 Å². The van der Waals surface area contributed by atoms with Crippen molar-refractivity contribution < 1.29 is 4.79 Å². The van der Waals surface area contributed by atoms with Gasteiger partial charge in [0, 0.05) is 4.47 Å². The predicted molar refractivity (Wildman–Crippen MR) is 81.0 cm³/mol. The van der Waals surface area contributed by atoms with Gasteiger partial charge in [0.25, 0.3) is 0 Å². The molecule has 2 atom stereocenters. The summed E-state index contributed by atoms with van der Waals surface area (Å²) in [6.45, 7) is 2.97. The molecule has 4 heteroatoms. The molecule has 0 spiro atoms. The number of hydrogen-bond acceptors (Lipinski definition) is 2. The van der Waals surface area contributed by atoms with E-state index in [9.17, 15) is 4.79 Å². The molecule has 0 saturated carbocycles. The van der Waals surface area contributed by atoms with Crippen molar-refractivity contribution in [1.82, 2.24) is 10.6 Å². The normalized spacial score (nSPS) is 21.5. The Kier molecular flexibility index (Phi) is 5.40. The maximum atomic E-state index is 12.3. The molecule has 0 bridgehead atoms. The van der Waals surface area contributed by atoms with Crippen LogP contribution in [0, 0.1) is 0 Å². The van der Waals surface area contributed by atoms with Crippen LogP contribution in [0.15, 0.2) is 28.7 Å². The molecule has 104 valence electrons. The fourth-order valence-corrected chi connectivity index (χ4v) is 3.10. The number of nitrogens with one attached hydrogen (secondary N) is 2. The average Bonchev–Trinajstić information content (AvgIpc) is 2.68. The van der Waals surface area contributed by atoms with E-state index in [1.165, 1.54) is 12.8 Å². The van der Waals surface area contributed by atoms with Gasteiger partial charge in [-0.15, -0.1) is 0 Å². The Morgan fingerprint density at radius 1 is 1.37 bits per heavy atom. The Morgan fingerprint density at radius 3 is 2.95 bits per heavy atom. The Balaban J connectivity index is 1.96. The van der Waals surface area contributed by atoms with Crippen LogP contribution in [0.1, 0.15) is 44.2 Å². The molecule has 0 radical (unpaired) electrons. The third-order valence-electron chi connectivity index (χ3n) is 3.61. The van der Waals surface area contributed by atoms with E-state index in [-0.39, 0.29) is 18.0 Å². The Labute approximate surface area is 123 Å². The second kappa shape index (κ2) is 7.06. The van der Waals surface area contributed by atoms with Crippen molar-refractivity contribution in [3.05, 3.63) is 34.3 Å². The monoisotopic (exact) mass is 324 g/mol. The molecule has 0 aliphatic carbocycles. The standard InChI is InChI=1S/C15H21BrN2O/c1-11(12-7-4-5-8-13(12)16)18-15(19)14-9-3-2-6-10-17-14/h4-5,7-8,11,14,17H,2-3,6,9-10H2,1H3,(H,18,19). The van der Waals surface area contributed by atoms with Gasteiger partial charge < -0.3 is 10.6 Å². The summed E-state index contributed by atoms with van der Waals surface area (Å²) in [7, 11) is 0. The first kappa shape index (κ1) is 14.5.